The van der Waals surface area contributed by atoms with Crippen LogP contribution in [-0.2, 0) is 0 Å². The van der Waals surface area contributed by atoms with Crippen LogP contribution in [0.4, 0.5) is 0 Å². The predicted octanol–water partition coefficient (Wildman–Crippen LogP) is 5.46. The van der Waals surface area contributed by atoms with E-state index in [0.717, 1.165) is 9.99 Å². The average Bonchev–Trinajstić information content (AvgIpc) is 2.72. The third-order valence-corrected chi connectivity index (χ3v) is 4.71. The summed E-state index contributed by atoms with van der Waals surface area (Å²) in [5.41, 5.74) is 3.56. The number of rotatable bonds is 1. The maximum Gasteiger partial charge on any atom is 0.110 e. The number of imidazole rings is 1. The second kappa shape index (κ2) is 5.66. The Balaban J connectivity index is 1.93. The first-order valence-electron chi connectivity index (χ1n) is 7.40. The molecule has 0 bridgehead atoms. The van der Waals surface area contributed by atoms with Gasteiger partial charge in [0.25, 0.3) is 0 Å². The third kappa shape index (κ3) is 2.86. The minimum Gasteiger partial charge on any atom is -0.342 e. The molecule has 1 aliphatic rings. The lowest BCUT2D eigenvalue weighted by atomic mass is 9.91. The Morgan fingerprint density at radius 1 is 1.11 bits per heavy atom. The lowest BCUT2D eigenvalue weighted by molar-refractivity contribution is 0.445. The molecule has 2 nitrogen and oxygen atoms in total. The highest BCUT2D eigenvalue weighted by Gasteiger charge is 2.17. The van der Waals surface area contributed by atoms with E-state index in [9.17, 15) is 0 Å². The molecule has 0 saturated heterocycles. The lowest BCUT2D eigenvalue weighted by Gasteiger charge is -2.17. The molecule has 19 heavy (non-hydrogen) atoms. The van der Waals surface area contributed by atoms with Gasteiger partial charge in [0.2, 0.25) is 0 Å². The zero-order valence-corrected chi connectivity index (χ0v) is 13.1. The second-order valence-corrected chi connectivity index (χ2v) is 6.70. The summed E-state index contributed by atoms with van der Waals surface area (Å²) in [6.45, 7) is 2.13. The van der Waals surface area contributed by atoms with Gasteiger partial charge in [0.1, 0.15) is 5.82 Å². The number of nitrogens with one attached hydrogen (secondary N) is 1. The molecule has 0 amide bonds. The zero-order chi connectivity index (χ0) is 13.2. The number of aromatic amines is 1. The Labute approximate surface area is 123 Å². The number of aromatic nitrogens is 2. The maximum absolute atomic E-state index is 4.87. The first kappa shape index (κ1) is 13.2. The highest BCUT2D eigenvalue weighted by atomic mass is 79.9. The van der Waals surface area contributed by atoms with Crippen molar-refractivity contribution in [2.24, 2.45) is 0 Å². The number of aryl methyl sites for hydroxylation is 1. The smallest absolute Gasteiger partial charge is 0.110 e. The van der Waals surface area contributed by atoms with E-state index >= 15 is 0 Å². The lowest BCUT2D eigenvalue weighted by Crippen LogP contribution is -2.04. The van der Waals surface area contributed by atoms with Crippen molar-refractivity contribution in [1.82, 2.24) is 9.97 Å². The molecule has 102 valence electrons. The van der Waals surface area contributed by atoms with Gasteiger partial charge in [-0.1, -0.05) is 48.0 Å². The number of H-pyrrole nitrogens is 1. The van der Waals surface area contributed by atoms with Crippen LogP contribution in [0.3, 0.4) is 0 Å². The molecule has 0 unspecified atom stereocenters. The Kier molecular flexibility index (Phi) is 3.92. The minimum atomic E-state index is 0.630. The molecule has 1 aliphatic carbocycles. The molecule has 0 atom stereocenters. The van der Waals surface area contributed by atoms with Crippen LogP contribution in [0.15, 0.2) is 16.6 Å². The number of nitrogens with zero attached hydrogens (tertiary/aromatic N) is 1. The fraction of sp³-hybridized carbons (Fsp3) is 0.562. The summed E-state index contributed by atoms with van der Waals surface area (Å²) < 4.78 is 1.13. The Morgan fingerprint density at radius 2 is 1.79 bits per heavy atom. The van der Waals surface area contributed by atoms with Gasteiger partial charge in [-0.05, 0) is 37.5 Å². The molecule has 2 aromatic rings. The fourth-order valence-corrected chi connectivity index (χ4v) is 3.76. The number of benzene rings is 1. The van der Waals surface area contributed by atoms with E-state index in [-0.39, 0.29) is 0 Å². The summed E-state index contributed by atoms with van der Waals surface area (Å²) in [6.07, 6.45) is 9.48. The molecule has 3 rings (SSSR count). The van der Waals surface area contributed by atoms with Gasteiger partial charge in [-0.3, -0.25) is 0 Å². The zero-order valence-electron chi connectivity index (χ0n) is 11.5. The van der Waals surface area contributed by atoms with Crippen LogP contribution >= 0.6 is 15.9 Å². The van der Waals surface area contributed by atoms with Crippen molar-refractivity contribution in [1.29, 1.82) is 0 Å². The summed E-state index contributed by atoms with van der Waals surface area (Å²) in [4.78, 5) is 8.43. The summed E-state index contributed by atoms with van der Waals surface area (Å²) in [5, 5.41) is 0. The summed E-state index contributed by atoms with van der Waals surface area (Å²) >= 11 is 3.56. The van der Waals surface area contributed by atoms with Gasteiger partial charge in [0.15, 0.2) is 0 Å². The van der Waals surface area contributed by atoms with Crippen molar-refractivity contribution in [3.8, 4) is 0 Å². The predicted molar refractivity (Wildman–Crippen MR) is 83.6 cm³/mol. The number of hydrogen-bond donors (Lipinski definition) is 1. The molecule has 3 heteroatoms. The van der Waals surface area contributed by atoms with Gasteiger partial charge < -0.3 is 4.98 Å². The van der Waals surface area contributed by atoms with Crippen LogP contribution in [0.25, 0.3) is 11.0 Å². The van der Waals surface area contributed by atoms with Crippen molar-refractivity contribution in [2.45, 2.75) is 57.8 Å². The second-order valence-electron chi connectivity index (χ2n) is 5.78. The molecular formula is C16H21BrN2. The molecule has 1 aromatic heterocycles. The third-order valence-electron chi connectivity index (χ3n) is 4.25. The van der Waals surface area contributed by atoms with Crippen molar-refractivity contribution in [2.75, 3.05) is 0 Å². The Bertz CT molecular complexity index is 565. The average molecular weight is 321 g/mol. The van der Waals surface area contributed by atoms with Crippen LogP contribution in [-0.4, -0.2) is 9.97 Å². The number of fused-ring (bicyclic) bond motifs is 1. The molecule has 0 radical (unpaired) electrons. The van der Waals surface area contributed by atoms with E-state index in [1.807, 2.05) is 0 Å². The maximum atomic E-state index is 4.87. The van der Waals surface area contributed by atoms with E-state index < -0.39 is 0 Å². The molecule has 1 heterocycles. The van der Waals surface area contributed by atoms with Gasteiger partial charge >= 0.3 is 0 Å². The van der Waals surface area contributed by atoms with Gasteiger partial charge in [0, 0.05) is 10.4 Å². The topological polar surface area (TPSA) is 28.7 Å². The van der Waals surface area contributed by atoms with Crippen molar-refractivity contribution < 1.29 is 0 Å². The van der Waals surface area contributed by atoms with Gasteiger partial charge in [-0.2, -0.15) is 0 Å². The van der Waals surface area contributed by atoms with E-state index in [1.54, 1.807) is 0 Å². The van der Waals surface area contributed by atoms with Crippen molar-refractivity contribution >= 4 is 27.0 Å². The number of halogens is 1. The minimum absolute atomic E-state index is 0.630. The fourth-order valence-electron chi connectivity index (χ4n) is 3.19. The highest BCUT2D eigenvalue weighted by molar-refractivity contribution is 9.10. The normalized spacial score (nSPS) is 18.4. The van der Waals surface area contributed by atoms with E-state index in [1.165, 1.54) is 61.9 Å². The van der Waals surface area contributed by atoms with Crippen LogP contribution in [0.5, 0.6) is 0 Å². The van der Waals surface area contributed by atoms with Gasteiger partial charge in [-0.15, -0.1) is 0 Å². The standard InChI is InChI=1S/C16H21BrN2/c1-11-9-13(17)10-14-15(11)19-16(18-14)12-7-5-3-2-4-6-8-12/h9-10,12H,2-8H2,1H3,(H,18,19). The monoisotopic (exact) mass is 320 g/mol. The molecule has 0 aliphatic heterocycles. The Hall–Kier alpha value is -0.830. The van der Waals surface area contributed by atoms with Gasteiger partial charge in [0.05, 0.1) is 11.0 Å². The molecule has 1 fully saturated rings. The van der Waals surface area contributed by atoms with E-state index in [0.29, 0.717) is 5.92 Å². The molecule has 1 N–H and O–H groups in total. The van der Waals surface area contributed by atoms with Crippen LogP contribution in [0.2, 0.25) is 0 Å². The molecule has 1 aromatic carbocycles. The summed E-state index contributed by atoms with van der Waals surface area (Å²) in [6, 6.07) is 4.28. The SMILES string of the molecule is Cc1cc(Br)cc2[nH]c(C3CCCCCCC3)nc12. The molecule has 1 saturated carbocycles. The first-order valence-corrected chi connectivity index (χ1v) is 8.19. The van der Waals surface area contributed by atoms with Crippen LogP contribution in [0, 0.1) is 6.92 Å². The van der Waals surface area contributed by atoms with Crippen molar-refractivity contribution in [3.63, 3.8) is 0 Å². The summed E-state index contributed by atoms with van der Waals surface area (Å²) in [7, 11) is 0. The largest absolute Gasteiger partial charge is 0.342 e. The highest BCUT2D eigenvalue weighted by Crippen LogP contribution is 2.31. The van der Waals surface area contributed by atoms with Crippen molar-refractivity contribution in [3.05, 3.63) is 28.0 Å². The van der Waals surface area contributed by atoms with Gasteiger partial charge in [-0.25, -0.2) is 4.98 Å². The van der Waals surface area contributed by atoms with Crippen LogP contribution < -0.4 is 0 Å². The van der Waals surface area contributed by atoms with Crippen LogP contribution in [0.1, 0.15) is 62.3 Å². The molecular weight excluding hydrogens is 300 g/mol. The summed E-state index contributed by atoms with van der Waals surface area (Å²) in [5.74, 6) is 1.84. The Morgan fingerprint density at radius 3 is 2.53 bits per heavy atom. The number of hydrogen-bond acceptors (Lipinski definition) is 1. The quantitative estimate of drug-likeness (QED) is 0.742. The van der Waals surface area contributed by atoms with E-state index in [2.05, 4.69) is 40.0 Å². The first-order chi connectivity index (χ1) is 9.24. The molecule has 0 spiro atoms. The van der Waals surface area contributed by atoms with E-state index in [4.69, 9.17) is 4.98 Å².